The van der Waals surface area contributed by atoms with E-state index in [1.165, 1.54) is 11.0 Å². The molecule has 1 saturated heterocycles. The number of amides is 2. The third-order valence-electron chi connectivity index (χ3n) is 7.24. The first kappa shape index (κ1) is 29.3. The van der Waals surface area contributed by atoms with Crippen molar-refractivity contribution < 1.29 is 36.4 Å². The van der Waals surface area contributed by atoms with Gasteiger partial charge in [0.2, 0.25) is 5.82 Å². The number of benzene rings is 2. The maximum absolute atomic E-state index is 15.6. The fourth-order valence-corrected chi connectivity index (χ4v) is 6.91. The van der Waals surface area contributed by atoms with E-state index in [1.807, 2.05) is 4.90 Å². The molecule has 0 bridgehead atoms. The molecule has 2 aromatic carbocycles. The first-order valence-corrected chi connectivity index (χ1v) is 15.7. The molecule has 2 aliphatic heterocycles. The zero-order chi connectivity index (χ0) is 30.7. The number of ether oxygens (including phenoxy) is 2. The van der Waals surface area contributed by atoms with E-state index in [0.717, 1.165) is 12.5 Å². The summed E-state index contributed by atoms with van der Waals surface area (Å²) in [5.74, 6) is -2.57. The molecule has 6 rings (SSSR count). The summed E-state index contributed by atoms with van der Waals surface area (Å²) in [6.07, 6.45) is -0.0536. The lowest BCUT2D eigenvalue weighted by Gasteiger charge is -2.27. The van der Waals surface area contributed by atoms with Crippen LogP contribution in [0.2, 0.25) is 5.02 Å². The molecule has 2 amide bonds. The molecule has 3 aromatic rings. The smallest absolute Gasteiger partial charge is 0.408 e. The number of fused-ring (bicyclic) bond motifs is 2. The molecule has 0 spiro atoms. The van der Waals surface area contributed by atoms with Gasteiger partial charge in [-0.2, -0.15) is 4.98 Å². The van der Waals surface area contributed by atoms with Gasteiger partial charge in [0.25, 0.3) is 5.91 Å². The number of rotatable bonds is 5. The predicted molar refractivity (Wildman–Crippen MR) is 153 cm³/mol. The van der Waals surface area contributed by atoms with Gasteiger partial charge in [0.05, 0.1) is 47.2 Å². The second kappa shape index (κ2) is 10.8. The van der Waals surface area contributed by atoms with Crippen molar-refractivity contribution in [3.63, 3.8) is 0 Å². The Bertz CT molecular complexity index is 1690. The number of anilines is 2. The number of halogens is 2. The number of morpholine rings is 1. The monoisotopic (exact) mass is 633 g/mol. The van der Waals surface area contributed by atoms with Gasteiger partial charge in [-0.15, -0.1) is 0 Å². The van der Waals surface area contributed by atoms with Crippen LogP contribution in [0, 0.1) is 5.82 Å². The van der Waals surface area contributed by atoms with Gasteiger partial charge in [-0.3, -0.25) is 4.79 Å². The summed E-state index contributed by atoms with van der Waals surface area (Å²) in [5.41, 5.74) is -0.536. The fraction of sp³-hybridized carbons (Fsp3) is 0.429. The van der Waals surface area contributed by atoms with E-state index in [1.54, 1.807) is 45.0 Å². The van der Waals surface area contributed by atoms with Gasteiger partial charge in [0.15, 0.2) is 9.84 Å². The largest absolute Gasteiger partial charge is 0.444 e. The van der Waals surface area contributed by atoms with E-state index >= 15 is 4.39 Å². The van der Waals surface area contributed by atoms with Crippen LogP contribution in [0.3, 0.4) is 0 Å². The number of sulfone groups is 1. The van der Waals surface area contributed by atoms with Crippen molar-refractivity contribution in [1.29, 1.82) is 0 Å². The molecule has 1 aromatic heterocycles. The van der Waals surface area contributed by atoms with Crippen LogP contribution in [0.5, 0.6) is 0 Å². The van der Waals surface area contributed by atoms with Crippen molar-refractivity contribution >= 4 is 45.1 Å². The van der Waals surface area contributed by atoms with Crippen LogP contribution < -0.4 is 15.1 Å². The summed E-state index contributed by atoms with van der Waals surface area (Å²) in [6.45, 7) is 5.82. The molecular formula is C28H29ClFN5O7S. The maximum Gasteiger partial charge on any atom is 0.408 e. The van der Waals surface area contributed by atoms with Gasteiger partial charge >= 0.3 is 12.1 Å². The Hall–Kier alpha value is -3.75. The van der Waals surface area contributed by atoms with Gasteiger partial charge in [0.1, 0.15) is 17.5 Å². The maximum atomic E-state index is 15.6. The predicted octanol–water partition coefficient (Wildman–Crippen LogP) is 3.72. The van der Waals surface area contributed by atoms with E-state index in [0.29, 0.717) is 23.7 Å². The summed E-state index contributed by atoms with van der Waals surface area (Å²) in [5, 5.41) is 6.81. The molecule has 1 N–H and O–H groups in total. The molecule has 1 saturated carbocycles. The molecule has 3 heterocycles. The van der Waals surface area contributed by atoms with Crippen molar-refractivity contribution in [3.05, 3.63) is 52.8 Å². The standard InChI is InChI=1S/C28H29ClFN5O7S/c1-28(2,3)41-27(37)31-19-14-43(38,39)23-11-18(30)17(24-32-26(42-33-24)34-8-9-40-22-12-20(22)34)10-21(23)35(25(19)36)13-15-4-6-16(29)7-5-15/h4-7,10-11,19-20,22H,8-9,12-14H2,1-3H3,(H,31,37)/t19-,20?,22?/m0/s1. The van der Waals surface area contributed by atoms with Gasteiger partial charge in [-0.05, 0) is 57.0 Å². The average Bonchev–Trinajstić information content (AvgIpc) is 3.58. The molecule has 0 radical (unpaired) electrons. The van der Waals surface area contributed by atoms with E-state index in [2.05, 4.69) is 15.5 Å². The topological polar surface area (TPSA) is 144 Å². The second-order valence-corrected chi connectivity index (χ2v) is 14.1. The second-order valence-electron chi connectivity index (χ2n) is 11.6. The van der Waals surface area contributed by atoms with Gasteiger partial charge in [-0.25, -0.2) is 17.6 Å². The Balaban J connectivity index is 1.41. The highest BCUT2D eigenvalue weighted by Crippen LogP contribution is 2.40. The lowest BCUT2D eigenvalue weighted by molar-refractivity contribution is -0.120. The number of aromatic nitrogens is 2. The van der Waals surface area contributed by atoms with Crippen LogP contribution in [0.1, 0.15) is 32.8 Å². The third kappa shape index (κ3) is 6.04. The zero-order valence-corrected chi connectivity index (χ0v) is 25.1. The molecule has 1 aliphatic carbocycles. The Morgan fingerprint density at radius 2 is 1.98 bits per heavy atom. The SMILES string of the molecule is CC(C)(C)OC(=O)N[C@H]1CS(=O)(=O)c2cc(F)c(-c3noc(N4CCOC5CC54)n3)cc2N(Cc2ccc(Cl)cc2)C1=O. The molecule has 3 aliphatic rings. The van der Waals surface area contributed by atoms with Crippen molar-refractivity contribution in [3.8, 4) is 11.4 Å². The van der Waals surface area contributed by atoms with Crippen molar-refractivity contribution in [2.45, 2.75) is 62.4 Å². The van der Waals surface area contributed by atoms with Crippen LogP contribution in [0.15, 0.2) is 45.8 Å². The minimum absolute atomic E-state index is 0.0909. The molecule has 3 atom stereocenters. The number of nitrogens with zero attached hydrogens (tertiary/aromatic N) is 4. The Morgan fingerprint density at radius 3 is 2.70 bits per heavy atom. The van der Waals surface area contributed by atoms with E-state index in [9.17, 15) is 18.0 Å². The lowest BCUT2D eigenvalue weighted by Crippen LogP contribution is -2.51. The van der Waals surface area contributed by atoms with Crippen LogP contribution in [0.25, 0.3) is 11.4 Å². The highest BCUT2D eigenvalue weighted by molar-refractivity contribution is 7.91. The van der Waals surface area contributed by atoms with E-state index < -0.39 is 49.9 Å². The average molecular weight is 634 g/mol. The highest BCUT2D eigenvalue weighted by Gasteiger charge is 2.48. The number of nitrogens with one attached hydrogen (secondary N) is 1. The summed E-state index contributed by atoms with van der Waals surface area (Å²) in [7, 11) is -4.30. The molecule has 43 heavy (non-hydrogen) atoms. The molecule has 15 heteroatoms. The van der Waals surface area contributed by atoms with Crippen LogP contribution >= 0.6 is 11.6 Å². The van der Waals surface area contributed by atoms with E-state index in [-0.39, 0.29) is 41.8 Å². The van der Waals surface area contributed by atoms with Gasteiger partial charge in [-0.1, -0.05) is 28.9 Å². The van der Waals surface area contributed by atoms with Crippen LogP contribution in [0.4, 0.5) is 20.9 Å². The van der Waals surface area contributed by atoms with Gasteiger partial charge in [0, 0.05) is 11.6 Å². The number of hydrogen-bond acceptors (Lipinski definition) is 10. The number of carbonyl (C=O) groups excluding carboxylic acids is 2. The first-order valence-electron chi connectivity index (χ1n) is 13.6. The first-order chi connectivity index (χ1) is 20.3. The Morgan fingerprint density at radius 1 is 1.23 bits per heavy atom. The summed E-state index contributed by atoms with van der Waals surface area (Å²) in [6, 6.07) is 7.45. The normalized spacial score (nSPS) is 22.8. The number of carbonyl (C=O) groups is 2. The third-order valence-corrected chi connectivity index (χ3v) is 9.26. The minimum Gasteiger partial charge on any atom is -0.444 e. The highest BCUT2D eigenvalue weighted by atomic mass is 35.5. The summed E-state index contributed by atoms with van der Waals surface area (Å²) >= 11 is 6.04. The lowest BCUT2D eigenvalue weighted by atomic mass is 10.1. The minimum atomic E-state index is -4.30. The molecular weight excluding hydrogens is 605 g/mol. The summed E-state index contributed by atoms with van der Waals surface area (Å²) < 4.78 is 59.1. The zero-order valence-electron chi connectivity index (χ0n) is 23.5. The van der Waals surface area contributed by atoms with Crippen LogP contribution in [-0.2, 0) is 30.7 Å². The summed E-state index contributed by atoms with van der Waals surface area (Å²) in [4.78, 5) is 33.6. The quantitative estimate of drug-likeness (QED) is 0.441. The Kier molecular flexibility index (Phi) is 7.33. The fourth-order valence-electron chi connectivity index (χ4n) is 5.16. The van der Waals surface area contributed by atoms with Crippen molar-refractivity contribution in [2.24, 2.45) is 0 Å². The van der Waals surface area contributed by atoms with Crippen molar-refractivity contribution in [1.82, 2.24) is 15.5 Å². The van der Waals surface area contributed by atoms with E-state index in [4.69, 9.17) is 25.6 Å². The number of hydrogen-bond donors (Lipinski definition) is 1. The number of alkyl carbamates (subject to hydrolysis) is 1. The Labute approximate surface area is 252 Å². The molecule has 228 valence electrons. The molecule has 2 unspecified atom stereocenters. The van der Waals surface area contributed by atoms with Crippen LogP contribution in [-0.4, -0.2) is 73.3 Å². The molecule has 2 fully saturated rings. The molecule has 12 nitrogen and oxygen atoms in total. The van der Waals surface area contributed by atoms with Gasteiger partial charge < -0.3 is 29.1 Å². The van der Waals surface area contributed by atoms with Crippen molar-refractivity contribution in [2.75, 3.05) is 28.7 Å².